The number of hydrogen-bond acceptors (Lipinski definition) is 6. The Balaban J connectivity index is 1.21. The first-order valence-corrected chi connectivity index (χ1v) is 10.4. The number of fused-ring (bicyclic) bond motifs is 1. The van der Waals surface area contributed by atoms with E-state index in [9.17, 15) is 0 Å². The summed E-state index contributed by atoms with van der Waals surface area (Å²) in [6, 6.07) is 10.2. The van der Waals surface area contributed by atoms with Crippen LogP contribution in [0.25, 0.3) is 11.3 Å². The van der Waals surface area contributed by atoms with E-state index in [2.05, 4.69) is 45.7 Å². The van der Waals surface area contributed by atoms with E-state index in [1.165, 1.54) is 0 Å². The molecule has 150 valence electrons. The van der Waals surface area contributed by atoms with E-state index in [1.807, 2.05) is 30.6 Å². The predicted molar refractivity (Wildman–Crippen MR) is 113 cm³/mol. The zero-order chi connectivity index (χ0) is 19.8. The van der Waals surface area contributed by atoms with Crippen molar-refractivity contribution < 1.29 is 4.42 Å². The second-order valence-corrected chi connectivity index (χ2v) is 8.56. The molecule has 2 saturated heterocycles. The molecule has 1 aromatic carbocycles. The fourth-order valence-corrected chi connectivity index (χ4v) is 4.73. The number of hydrogen-bond donors (Lipinski definition) is 0. The molecule has 3 aromatic rings. The minimum Gasteiger partial charge on any atom is -0.448 e. The molecule has 2 unspecified atom stereocenters. The summed E-state index contributed by atoms with van der Waals surface area (Å²) in [6.07, 6.45) is 5.40. The smallest absolute Gasteiger partial charge is 0.181 e. The van der Waals surface area contributed by atoms with E-state index in [0.717, 1.165) is 61.3 Å². The minimum atomic E-state index is 0.377. The number of benzene rings is 1. The molecule has 4 heterocycles. The van der Waals surface area contributed by atoms with Gasteiger partial charge >= 0.3 is 0 Å². The van der Waals surface area contributed by atoms with Crippen LogP contribution in [0.15, 0.2) is 53.5 Å². The number of nitrogens with zero attached hydrogens (tertiary/aromatic N) is 5. The van der Waals surface area contributed by atoms with Crippen molar-refractivity contribution in [2.45, 2.75) is 26.3 Å². The third-order valence-corrected chi connectivity index (χ3v) is 6.16. The van der Waals surface area contributed by atoms with Crippen molar-refractivity contribution in [2.24, 2.45) is 11.8 Å². The van der Waals surface area contributed by atoms with Gasteiger partial charge in [-0.2, -0.15) is 0 Å². The second-order valence-electron chi connectivity index (χ2n) is 8.56. The second kappa shape index (κ2) is 7.59. The Morgan fingerprint density at radius 2 is 1.72 bits per heavy atom. The molecule has 0 radical (unpaired) electrons. The van der Waals surface area contributed by atoms with Crippen molar-refractivity contribution in [1.29, 1.82) is 0 Å². The van der Waals surface area contributed by atoms with Gasteiger partial charge in [0.15, 0.2) is 6.39 Å². The summed E-state index contributed by atoms with van der Waals surface area (Å²) in [7, 11) is 0. The molecule has 0 amide bonds. The molecule has 2 atom stereocenters. The molecule has 29 heavy (non-hydrogen) atoms. The van der Waals surface area contributed by atoms with E-state index < -0.39 is 0 Å². The zero-order valence-corrected chi connectivity index (χ0v) is 17.0. The number of anilines is 1. The number of aromatic nitrogens is 3. The van der Waals surface area contributed by atoms with Gasteiger partial charge in [-0.1, -0.05) is 44.2 Å². The zero-order valence-electron chi connectivity index (χ0n) is 17.0. The van der Waals surface area contributed by atoms with Gasteiger partial charge < -0.3 is 9.32 Å². The molecule has 0 bridgehead atoms. The average molecular weight is 390 g/mol. The van der Waals surface area contributed by atoms with Crippen LogP contribution in [0.1, 0.15) is 31.2 Å². The molecule has 2 aromatic heterocycles. The number of rotatable bonds is 5. The van der Waals surface area contributed by atoms with E-state index in [-0.39, 0.29) is 0 Å². The van der Waals surface area contributed by atoms with E-state index in [0.29, 0.717) is 17.8 Å². The van der Waals surface area contributed by atoms with Crippen LogP contribution in [-0.2, 0) is 6.54 Å². The van der Waals surface area contributed by atoms with Gasteiger partial charge in [0, 0.05) is 44.2 Å². The van der Waals surface area contributed by atoms with Gasteiger partial charge in [0.25, 0.3) is 0 Å². The highest BCUT2D eigenvalue weighted by atomic mass is 16.3. The monoisotopic (exact) mass is 389 g/mol. The van der Waals surface area contributed by atoms with Crippen LogP contribution in [-0.4, -0.2) is 46.0 Å². The summed E-state index contributed by atoms with van der Waals surface area (Å²) in [5.41, 5.74) is 3.13. The van der Waals surface area contributed by atoms with E-state index >= 15 is 0 Å². The maximum absolute atomic E-state index is 5.59. The lowest BCUT2D eigenvalue weighted by Gasteiger charge is -2.22. The molecule has 0 saturated carbocycles. The standard InChI is InChI=1S/C23H27N5O/c1-16(2)23-21(26-15-29-23)14-27-10-18-12-28(13-19(18)11-27)22-9-24-20(8-25-22)17-6-4-3-5-7-17/h3-9,15-16,18-19H,10-14H2,1-2H3. The third-order valence-electron chi connectivity index (χ3n) is 6.16. The Labute approximate surface area is 171 Å². The molecule has 0 N–H and O–H groups in total. The van der Waals surface area contributed by atoms with E-state index in [1.54, 1.807) is 6.39 Å². The lowest BCUT2D eigenvalue weighted by Crippen LogP contribution is -2.29. The Morgan fingerprint density at radius 1 is 0.966 bits per heavy atom. The van der Waals surface area contributed by atoms with Gasteiger partial charge in [0.1, 0.15) is 11.6 Å². The van der Waals surface area contributed by atoms with Gasteiger partial charge in [0.2, 0.25) is 0 Å². The Morgan fingerprint density at radius 3 is 2.38 bits per heavy atom. The first-order valence-electron chi connectivity index (χ1n) is 10.4. The fraction of sp³-hybridized carbons (Fsp3) is 0.435. The molecule has 2 fully saturated rings. The molecular weight excluding hydrogens is 362 g/mol. The first-order chi connectivity index (χ1) is 14.2. The summed E-state index contributed by atoms with van der Waals surface area (Å²) in [5, 5.41) is 0. The first kappa shape index (κ1) is 18.3. The highest BCUT2D eigenvalue weighted by Gasteiger charge is 2.40. The van der Waals surface area contributed by atoms with Gasteiger partial charge in [0.05, 0.1) is 23.8 Å². The van der Waals surface area contributed by atoms with Crippen LogP contribution in [0.4, 0.5) is 5.82 Å². The Hall–Kier alpha value is -2.73. The number of oxazole rings is 1. The predicted octanol–water partition coefficient (Wildman–Crippen LogP) is 3.82. The normalized spacial score (nSPS) is 21.8. The average Bonchev–Trinajstić information content (AvgIpc) is 3.44. The fourth-order valence-electron chi connectivity index (χ4n) is 4.73. The maximum atomic E-state index is 5.59. The molecule has 0 aliphatic carbocycles. The van der Waals surface area contributed by atoms with Crippen molar-refractivity contribution >= 4 is 5.82 Å². The largest absolute Gasteiger partial charge is 0.448 e. The van der Waals surface area contributed by atoms with Crippen molar-refractivity contribution in [3.05, 3.63) is 60.6 Å². The van der Waals surface area contributed by atoms with Crippen molar-refractivity contribution in [3.63, 3.8) is 0 Å². The van der Waals surface area contributed by atoms with Crippen LogP contribution in [0.5, 0.6) is 0 Å². The van der Waals surface area contributed by atoms with Gasteiger partial charge in [-0.3, -0.25) is 9.88 Å². The lowest BCUT2D eigenvalue weighted by molar-refractivity contribution is 0.302. The molecule has 0 spiro atoms. The molecule has 2 aliphatic heterocycles. The SMILES string of the molecule is CC(C)c1ocnc1CN1CC2CN(c3cnc(-c4ccccc4)cn3)CC2C1. The Kier molecular flexibility index (Phi) is 4.79. The minimum absolute atomic E-state index is 0.377. The summed E-state index contributed by atoms with van der Waals surface area (Å²) < 4.78 is 5.59. The van der Waals surface area contributed by atoms with Gasteiger partial charge in [-0.05, 0) is 11.8 Å². The Bertz CT molecular complexity index is 939. The van der Waals surface area contributed by atoms with Crippen molar-refractivity contribution in [1.82, 2.24) is 19.9 Å². The highest BCUT2D eigenvalue weighted by Crippen LogP contribution is 2.34. The summed E-state index contributed by atoms with van der Waals surface area (Å²) in [6.45, 7) is 9.53. The quantitative estimate of drug-likeness (QED) is 0.661. The summed E-state index contributed by atoms with van der Waals surface area (Å²) in [5.74, 6) is 3.75. The van der Waals surface area contributed by atoms with Gasteiger partial charge in [-0.25, -0.2) is 9.97 Å². The summed E-state index contributed by atoms with van der Waals surface area (Å²) in [4.78, 5) is 18.7. The molecular formula is C23H27N5O. The van der Waals surface area contributed by atoms with Crippen LogP contribution in [0.2, 0.25) is 0 Å². The molecule has 2 aliphatic rings. The lowest BCUT2D eigenvalue weighted by atomic mass is 10.0. The topological polar surface area (TPSA) is 58.3 Å². The molecule has 6 heteroatoms. The molecule has 5 rings (SSSR count). The van der Waals surface area contributed by atoms with Gasteiger partial charge in [-0.15, -0.1) is 0 Å². The molecule has 6 nitrogen and oxygen atoms in total. The van der Waals surface area contributed by atoms with Crippen LogP contribution < -0.4 is 4.90 Å². The van der Waals surface area contributed by atoms with Crippen LogP contribution in [0, 0.1) is 11.8 Å². The van der Waals surface area contributed by atoms with Crippen molar-refractivity contribution in [2.75, 3.05) is 31.1 Å². The summed E-state index contributed by atoms with van der Waals surface area (Å²) >= 11 is 0. The van der Waals surface area contributed by atoms with Crippen molar-refractivity contribution in [3.8, 4) is 11.3 Å². The number of likely N-dealkylation sites (tertiary alicyclic amines) is 1. The van der Waals surface area contributed by atoms with Crippen LogP contribution in [0.3, 0.4) is 0 Å². The highest BCUT2D eigenvalue weighted by molar-refractivity contribution is 5.58. The third kappa shape index (κ3) is 3.65. The maximum Gasteiger partial charge on any atom is 0.181 e. The van der Waals surface area contributed by atoms with E-state index in [4.69, 9.17) is 9.40 Å². The van der Waals surface area contributed by atoms with Crippen LogP contribution >= 0.6 is 0 Å².